The van der Waals surface area contributed by atoms with Crippen LogP contribution in [-0.2, 0) is 0 Å². The van der Waals surface area contributed by atoms with Gasteiger partial charge in [-0.05, 0) is 128 Å². The first-order valence-corrected chi connectivity index (χ1v) is 21.0. The average Bonchev–Trinajstić information content (AvgIpc) is 3.27. The third-order valence-electron chi connectivity index (χ3n) is 9.54. The summed E-state index contributed by atoms with van der Waals surface area (Å²) < 4.78 is 33.6. The van der Waals surface area contributed by atoms with E-state index < -0.39 is 23.9 Å². The molecule has 10 heteroatoms. The Morgan fingerprint density at radius 1 is 0.333 bits per heavy atom. The molecule has 0 fully saturated rings. The molecule has 0 saturated carbocycles. The van der Waals surface area contributed by atoms with E-state index in [1.54, 1.807) is 54.6 Å². The number of carbonyl (C=O) groups excluding carboxylic acids is 4. The number of benzene rings is 5. The summed E-state index contributed by atoms with van der Waals surface area (Å²) in [6.07, 6.45) is 14.2. The summed E-state index contributed by atoms with van der Waals surface area (Å²) in [5, 5.41) is 0. The predicted molar refractivity (Wildman–Crippen MR) is 230 cm³/mol. The molecule has 0 saturated heterocycles. The van der Waals surface area contributed by atoms with E-state index >= 15 is 0 Å². The van der Waals surface area contributed by atoms with Crippen LogP contribution in [0.1, 0.15) is 132 Å². The molecule has 0 N–H and O–H groups in total. The largest absolute Gasteiger partial charge is 0.494 e. The van der Waals surface area contributed by atoms with E-state index in [9.17, 15) is 19.2 Å². The smallest absolute Gasteiger partial charge is 0.343 e. The molecule has 0 aliphatic heterocycles. The molecule has 5 rings (SSSR count). The van der Waals surface area contributed by atoms with E-state index in [-0.39, 0.29) is 33.9 Å². The fourth-order valence-corrected chi connectivity index (χ4v) is 6.10. The van der Waals surface area contributed by atoms with Crippen LogP contribution in [0, 0.1) is 0 Å². The lowest BCUT2D eigenvalue weighted by Crippen LogP contribution is -2.12. The van der Waals surface area contributed by atoms with Crippen LogP contribution in [-0.4, -0.2) is 37.1 Å². The minimum absolute atomic E-state index is 0.125. The maximum atomic E-state index is 13.0. The summed E-state index contributed by atoms with van der Waals surface area (Å²) >= 11 is 0. The normalized spacial score (nSPS) is 10.7. The van der Waals surface area contributed by atoms with Crippen LogP contribution >= 0.6 is 0 Å². The maximum Gasteiger partial charge on any atom is 0.343 e. The van der Waals surface area contributed by atoms with Gasteiger partial charge >= 0.3 is 23.9 Å². The minimum Gasteiger partial charge on any atom is -0.494 e. The van der Waals surface area contributed by atoms with Gasteiger partial charge in [0.05, 0.1) is 35.5 Å². The van der Waals surface area contributed by atoms with Crippen molar-refractivity contribution in [3.63, 3.8) is 0 Å². The van der Waals surface area contributed by atoms with E-state index in [4.69, 9.17) is 28.4 Å². The van der Waals surface area contributed by atoms with Crippen molar-refractivity contribution in [1.29, 1.82) is 0 Å². The highest BCUT2D eigenvalue weighted by Gasteiger charge is 2.16. The lowest BCUT2D eigenvalue weighted by molar-refractivity contribution is 0.0712. The summed E-state index contributed by atoms with van der Waals surface area (Å²) in [5.74, 6) is -0.107. The molecular weight excluding hydrogens is 761 g/mol. The molecule has 0 aliphatic carbocycles. The van der Waals surface area contributed by atoms with Gasteiger partial charge in [-0.15, -0.1) is 0 Å². The highest BCUT2D eigenvalue weighted by Crippen LogP contribution is 2.23. The fraction of sp³-hybridized carbons (Fsp3) is 0.320. The van der Waals surface area contributed by atoms with Crippen LogP contribution in [0.2, 0.25) is 0 Å². The Hall–Kier alpha value is -6.42. The van der Waals surface area contributed by atoms with Crippen molar-refractivity contribution in [2.24, 2.45) is 0 Å². The van der Waals surface area contributed by atoms with Crippen LogP contribution in [0.15, 0.2) is 121 Å². The number of hydrogen-bond donors (Lipinski definition) is 0. The fourth-order valence-electron chi connectivity index (χ4n) is 6.10. The van der Waals surface area contributed by atoms with Gasteiger partial charge in [0, 0.05) is 0 Å². The molecule has 314 valence electrons. The highest BCUT2D eigenvalue weighted by atomic mass is 16.5. The number of ether oxygens (including phenoxy) is 6. The molecule has 0 radical (unpaired) electrons. The first-order chi connectivity index (χ1) is 29.3. The average molecular weight is 815 g/mol. The third kappa shape index (κ3) is 15.1. The summed E-state index contributed by atoms with van der Waals surface area (Å²) in [6, 6.07) is 31.6. The van der Waals surface area contributed by atoms with E-state index in [1.807, 2.05) is 0 Å². The Bertz CT molecular complexity index is 2090. The van der Waals surface area contributed by atoms with E-state index in [1.165, 1.54) is 118 Å². The molecule has 0 atom stereocenters. The van der Waals surface area contributed by atoms with Crippen LogP contribution < -0.4 is 28.4 Å². The molecule has 0 spiro atoms. The Morgan fingerprint density at radius 3 is 1.07 bits per heavy atom. The molecule has 60 heavy (non-hydrogen) atoms. The van der Waals surface area contributed by atoms with Crippen molar-refractivity contribution in [2.45, 2.75) is 90.9 Å². The van der Waals surface area contributed by atoms with Crippen LogP contribution in [0.25, 0.3) is 0 Å². The van der Waals surface area contributed by atoms with Gasteiger partial charge in [0.1, 0.15) is 34.5 Å². The summed E-state index contributed by atoms with van der Waals surface area (Å²) in [6.45, 7) is 5.68. The molecule has 0 aliphatic rings. The molecule has 0 bridgehead atoms. The topological polar surface area (TPSA) is 124 Å². The molecule has 0 unspecified atom stereocenters. The van der Waals surface area contributed by atoms with Gasteiger partial charge in [-0.2, -0.15) is 0 Å². The molecule has 0 heterocycles. The molecule has 5 aromatic rings. The second kappa shape index (κ2) is 24.5. The van der Waals surface area contributed by atoms with Crippen LogP contribution in [0.3, 0.4) is 0 Å². The Morgan fingerprint density at radius 2 is 0.650 bits per heavy atom. The zero-order chi connectivity index (χ0) is 42.4. The third-order valence-corrected chi connectivity index (χ3v) is 9.54. The van der Waals surface area contributed by atoms with Gasteiger partial charge in [0.2, 0.25) is 0 Å². The molecule has 0 amide bonds. The quantitative estimate of drug-likeness (QED) is 0.0338. The molecule has 5 aromatic carbocycles. The van der Waals surface area contributed by atoms with E-state index in [0.717, 1.165) is 25.7 Å². The predicted octanol–water partition coefficient (Wildman–Crippen LogP) is 12.0. The first-order valence-electron chi connectivity index (χ1n) is 21.0. The van der Waals surface area contributed by atoms with Gasteiger partial charge in [-0.1, -0.05) is 84.1 Å². The lowest BCUT2D eigenvalue weighted by atomic mass is 10.1. The van der Waals surface area contributed by atoms with Crippen LogP contribution in [0.4, 0.5) is 0 Å². The van der Waals surface area contributed by atoms with Gasteiger partial charge in [-0.25, -0.2) is 19.2 Å². The van der Waals surface area contributed by atoms with Crippen molar-refractivity contribution in [3.8, 4) is 34.5 Å². The highest BCUT2D eigenvalue weighted by molar-refractivity contribution is 5.94. The molecule has 0 aromatic heterocycles. The number of hydrogen-bond acceptors (Lipinski definition) is 10. The SMILES string of the molecule is CCCCCCCCOc1ccc(OC(=O)c2ccc(OC(=O)c3cccc(OC(=O)c4ccc(OC(=O)c5ccc(OCCCCCCCC)cc5)cc4)c3)cc2)cc1. The molecule has 10 nitrogen and oxygen atoms in total. The monoisotopic (exact) mass is 814 g/mol. The van der Waals surface area contributed by atoms with E-state index in [2.05, 4.69) is 13.8 Å². The van der Waals surface area contributed by atoms with Crippen molar-refractivity contribution in [1.82, 2.24) is 0 Å². The summed E-state index contributed by atoms with van der Waals surface area (Å²) in [4.78, 5) is 51.4. The summed E-state index contributed by atoms with van der Waals surface area (Å²) in [7, 11) is 0. The second-order valence-electron chi connectivity index (χ2n) is 14.4. The van der Waals surface area contributed by atoms with Crippen molar-refractivity contribution in [2.75, 3.05) is 13.2 Å². The van der Waals surface area contributed by atoms with Crippen LogP contribution in [0.5, 0.6) is 34.5 Å². The second-order valence-corrected chi connectivity index (χ2v) is 14.4. The maximum absolute atomic E-state index is 13.0. The van der Waals surface area contributed by atoms with Crippen molar-refractivity contribution < 1.29 is 47.6 Å². The molecular formula is C50H54O10. The number of carbonyl (C=O) groups is 4. The zero-order valence-corrected chi connectivity index (χ0v) is 34.5. The Balaban J connectivity index is 1.03. The number of rotatable bonds is 24. The number of unbranched alkanes of at least 4 members (excludes halogenated alkanes) is 10. The Labute approximate surface area is 352 Å². The standard InChI is InChI=1S/C50H54O10/c1-3-5-7-9-11-13-34-55-41-24-18-37(19-25-41)47(51)57-43-26-22-39(23-27-43)49(53)60-46-17-15-16-40(36-46)50(54)59-44-28-20-38(21-29-44)48(52)58-45-32-30-42(31-33-45)56-35-14-12-10-8-6-4-2/h15-33,36H,3-14,34-35H2,1-2H3. The number of esters is 4. The Kier molecular flexibility index (Phi) is 18.2. The van der Waals surface area contributed by atoms with Gasteiger partial charge < -0.3 is 28.4 Å². The lowest BCUT2D eigenvalue weighted by Gasteiger charge is -2.09. The van der Waals surface area contributed by atoms with E-state index in [0.29, 0.717) is 36.0 Å². The van der Waals surface area contributed by atoms with Crippen molar-refractivity contribution in [3.05, 3.63) is 144 Å². The van der Waals surface area contributed by atoms with Gasteiger partial charge in [0.25, 0.3) is 0 Å². The van der Waals surface area contributed by atoms with Gasteiger partial charge in [-0.3, -0.25) is 0 Å². The van der Waals surface area contributed by atoms with Crippen molar-refractivity contribution >= 4 is 23.9 Å². The first kappa shape index (κ1) is 44.7. The minimum atomic E-state index is -0.691. The zero-order valence-electron chi connectivity index (χ0n) is 34.5. The summed E-state index contributed by atoms with van der Waals surface area (Å²) in [5.41, 5.74) is 0.983. The van der Waals surface area contributed by atoms with Gasteiger partial charge in [0.15, 0.2) is 0 Å².